The van der Waals surface area contributed by atoms with Crippen LogP contribution in [0.3, 0.4) is 0 Å². The molecule has 2 N–H and O–H groups in total. The second-order valence-electron chi connectivity index (χ2n) is 6.22. The summed E-state index contributed by atoms with van der Waals surface area (Å²) in [5.74, 6) is 1.93. The normalized spacial score (nSPS) is 24.1. The van der Waals surface area contributed by atoms with Gasteiger partial charge in [0.25, 0.3) is 0 Å². The summed E-state index contributed by atoms with van der Waals surface area (Å²) < 4.78 is 0. The van der Waals surface area contributed by atoms with Crippen LogP contribution in [0, 0.1) is 17.8 Å². The minimum Gasteiger partial charge on any atom is -0.342 e. The van der Waals surface area contributed by atoms with Crippen LogP contribution in [0.1, 0.15) is 53.4 Å². The van der Waals surface area contributed by atoms with Crippen molar-refractivity contribution in [3.05, 3.63) is 0 Å². The quantitative estimate of drug-likeness (QED) is 0.820. The zero-order valence-corrected chi connectivity index (χ0v) is 12.5. The van der Waals surface area contributed by atoms with Gasteiger partial charge in [-0.3, -0.25) is 4.79 Å². The number of hydrogen-bond acceptors (Lipinski definition) is 2. The van der Waals surface area contributed by atoms with Gasteiger partial charge in [0.15, 0.2) is 0 Å². The van der Waals surface area contributed by atoms with Gasteiger partial charge >= 0.3 is 0 Å². The van der Waals surface area contributed by atoms with Crippen LogP contribution in [0.25, 0.3) is 0 Å². The third-order valence-electron chi connectivity index (χ3n) is 4.46. The van der Waals surface area contributed by atoms with Gasteiger partial charge in [-0.15, -0.1) is 0 Å². The van der Waals surface area contributed by atoms with Crippen molar-refractivity contribution in [3.8, 4) is 0 Å². The Bertz CT molecular complexity index is 263. The first-order valence-electron chi connectivity index (χ1n) is 7.49. The van der Waals surface area contributed by atoms with E-state index in [2.05, 4.69) is 27.7 Å². The van der Waals surface area contributed by atoms with E-state index in [-0.39, 0.29) is 6.04 Å². The van der Waals surface area contributed by atoms with E-state index in [9.17, 15) is 4.79 Å². The molecule has 1 fully saturated rings. The minimum atomic E-state index is 0.202. The molecule has 106 valence electrons. The average molecular weight is 254 g/mol. The molecule has 0 aromatic rings. The maximum absolute atomic E-state index is 12.3. The van der Waals surface area contributed by atoms with Crippen LogP contribution in [-0.2, 0) is 4.79 Å². The molecule has 1 aliphatic rings. The van der Waals surface area contributed by atoms with Gasteiger partial charge in [-0.1, -0.05) is 27.2 Å². The molecule has 0 aliphatic carbocycles. The van der Waals surface area contributed by atoms with Crippen molar-refractivity contribution in [2.45, 2.75) is 59.4 Å². The molecule has 3 nitrogen and oxygen atoms in total. The lowest BCUT2D eigenvalue weighted by molar-refractivity contribution is -0.134. The molecule has 0 saturated carbocycles. The van der Waals surface area contributed by atoms with Crippen molar-refractivity contribution >= 4 is 5.91 Å². The number of carbonyl (C=O) groups is 1. The minimum absolute atomic E-state index is 0.202. The average Bonchev–Trinajstić information content (AvgIpc) is 2.35. The van der Waals surface area contributed by atoms with Gasteiger partial charge in [-0.05, 0) is 37.5 Å². The molecule has 0 aromatic carbocycles. The zero-order valence-electron chi connectivity index (χ0n) is 12.5. The van der Waals surface area contributed by atoms with Crippen LogP contribution in [0.2, 0.25) is 0 Å². The molecule has 1 amide bonds. The summed E-state index contributed by atoms with van der Waals surface area (Å²) in [6.45, 7) is 10.5. The van der Waals surface area contributed by atoms with E-state index < -0.39 is 0 Å². The lowest BCUT2D eigenvalue weighted by atomic mass is 9.88. The third-order valence-corrected chi connectivity index (χ3v) is 4.46. The highest BCUT2D eigenvalue weighted by atomic mass is 16.2. The number of piperidine rings is 1. The van der Waals surface area contributed by atoms with Crippen molar-refractivity contribution in [2.75, 3.05) is 13.1 Å². The van der Waals surface area contributed by atoms with E-state index in [1.54, 1.807) is 0 Å². The van der Waals surface area contributed by atoms with Gasteiger partial charge < -0.3 is 10.6 Å². The highest BCUT2D eigenvalue weighted by Crippen LogP contribution is 2.23. The summed E-state index contributed by atoms with van der Waals surface area (Å²) in [5, 5.41) is 0. The Morgan fingerprint density at radius 2 is 2.06 bits per heavy atom. The summed E-state index contributed by atoms with van der Waals surface area (Å²) >= 11 is 0. The van der Waals surface area contributed by atoms with Gasteiger partial charge in [0, 0.05) is 25.6 Å². The summed E-state index contributed by atoms with van der Waals surface area (Å²) in [5.41, 5.74) is 5.97. The van der Waals surface area contributed by atoms with Gasteiger partial charge in [0.2, 0.25) is 5.91 Å². The Kier molecular flexibility index (Phi) is 6.13. The number of nitrogens with two attached hydrogens (primary N) is 1. The molecule has 3 unspecified atom stereocenters. The largest absolute Gasteiger partial charge is 0.342 e. The van der Waals surface area contributed by atoms with Crippen LogP contribution in [0.5, 0.6) is 0 Å². The van der Waals surface area contributed by atoms with Crippen molar-refractivity contribution in [1.29, 1.82) is 0 Å². The maximum atomic E-state index is 12.3. The fourth-order valence-electron chi connectivity index (χ4n) is 2.87. The molecule has 1 heterocycles. The summed E-state index contributed by atoms with van der Waals surface area (Å²) in [6.07, 6.45) is 4.08. The van der Waals surface area contributed by atoms with E-state index in [1.165, 1.54) is 6.42 Å². The van der Waals surface area contributed by atoms with Crippen LogP contribution in [0.15, 0.2) is 0 Å². The Hall–Kier alpha value is -0.570. The first-order valence-corrected chi connectivity index (χ1v) is 7.49. The second-order valence-corrected chi connectivity index (χ2v) is 6.22. The number of likely N-dealkylation sites (tertiary alicyclic amines) is 1. The molecule has 0 spiro atoms. The van der Waals surface area contributed by atoms with Crippen LogP contribution < -0.4 is 5.73 Å². The summed E-state index contributed by atoms with van der Waals surface area (Å²) in [6, 6.07) is 0.202. The van der Waals surface area contributed by atoms with Crippen LogP contribution >= 0.6 is 0 Å². The van der Waals surface area contributed by atoms with E-state index in [4.69, 9.17) is 5.73 Å². The number of nitrogens with zero attached hydrogens (tertiary/aromatic N) is 1. The standard InChI is InChI=1S/C15H30N2O/c1-5-13(11(2)3)9-15(18)17-8-6-7-14(10-17)12(4)16/h11-14H,5-10,16H2,1-4H3. The molecular weight excluding hydrogens is 224 g/mol. The molecule has 18 heavy (non-hydrogen) atoms. The lowest BCUT2D eigenvalue weighted by Gasteiger charge is -2.35. The number of hydrogen-bond donors (Lipinski definition) is 1. The highest BCUT2D eigenvalue weighted by molar-refractivity contribution is 5.76. The van der Waals surface area contributed by atoms with Gasteiger partial charge in [-0.2, -0.15) is 0 Å². The summed E-state index contributed by atoms with van der Waals surface area (Å²) in [4.78, 5) is 14.4. The molecule has 0 aromatic heterocycles. The first kappa shape index (κ1) is 15.5. The molecule has 1 saturated heterocycles. The number of carbonyl (C=O) groups excluding carboxylic acids is 1. The van der Waals surface area contributed by atoms with E-state index in [0.717, 1.165) is 25.9 Å². The van der Waals surface area contributed by atoms with Gasteiger partial charge in [0.05, 0.1) is 0 Å². The van der Waals surface area contributed by atoms with Crippen molar-refractivity contribution in [1.82, 2.24) is 4.90 Å². The summed E-state index contributed by atoms with van der Waals surface area (Å²) in [7, 11) is 0. The fraction of sp³-hybridized carbons (Fsp3) is 0.933. The second kappa shape index (κ2) is 7.13. The molecule has 1 aliphatic heterocycles. The zero-order chi connectivity index (χ0) is 13.7. The lowest BCUT2D eigenvalue weighted by Crippen LogP contribution is -2.45. The van der Waals surface area contributed by atoms with E-state index in [0.29, 0.717) is 30.1 Å². The predicted molar refractivity (Wildman–Crippen MR) is 76.2 cm³/mol. The molecule has 3 atom stereocenters. The predicted octanol–water partition coefficient (Wildman–Crippen LogP) is 2.64. The topological polar surface area (TPSA) is 46.3 Å². The molecule has 1 rings (SSSR count). The molecular formula is C15H30N2O. The maximum Gasteiger partial charge on any atom is 0.222 e. The van der Waals surface area contributed by atoms with Crippen LogP contribution in [-0.4, -0.2) is 29.9 Å². The molecule has 0 bridgehead atoms. The van der Waals surface area contributed by atoms with Crippen LogP contribution in [0.4, 0.5) is 0 Å². The number of amides is 1. The monoisotopic (exact) mass is 254 g/mol. The first-order chi connectivity index (χ1) is 8.45. The Morgan fingerprint density at radius 3 is 2.56 bits per heavy atom. The van der Waals surface area contributed by atoms with Gasteiger partial charge in [-0.25, -0.2) is 0 Å². The Morgan fingerprint density at radius 1 is 1.39 bits per heavy atom. The van der Waals surface area contributed by atoms with E-state index >= 15 is 0 Å². The SMILES string of the molecule is CCC(CC(=O)N1CCCC(C(C)N)C1)C(C)C. The van der Waals surface area contributed by atoms with Crippen molar-refractivity contribution in [3.63, 3.8) is 0 Å². The van der Waals surface area contributed by atoms with Gasteiger partial charge in [0.1, 0.15) is 0 Å². The molecule has 3 heteroatoms. The Balaban J connectivity index is 2.50. The third kappa shape index (κ3) is 4.27. The fourth-order valence-corrected chi connectivity index (χ4v) is 2.87. The van der Waals surface area contributed by atoms with Crippen molar-refractivity contribution in [2.24, 2.45) is 23.5 Å². The highest BCUT2D eigenvalue weighted by Gasteiger charge is 2.27. The number of rotatable bonds is 5. The molecule has 0 radical (unpaired) electrons. The van der Waals surface area contributed by atoms with E-state index in [1.807, 2.05) is 4.90 Å². The van der Waals surface area contributed by atoms with Crippen molar-refractivity contribution < 1.29 is 4.79 Å². The Labute approximate surface area is 112 Å². The smallest absolute Gasteiger partial charge is 0.222 e.